The Kier molecular flexibility index (Phi) is 3.13. The van der Waals surface area contributed by atoms with Gasteiger partial charge in [0.05, 0.1) is 17.8 Å². The van der Waals surface area contributed by atoms with Crippen LogP contribution >= 0.6 is 0 Å². The van der Waals surface area contributed by atoms with Crippen molar-refractivity contribution in [2.75, 3.05) is 31.1 Å². The van der Waals surface area contributed by atoms with Gasteiger partial charge in [-0.2, -0.15) is 0 Å². The molecular formula is C14H17N3O. The highest BCUT2D eigenvalue weighted by molar-refractivity contribution is 5.93. The van der Waals surface area contributed by atoms with E-state index in [-0.39, 0.29) is 6.61 Å². The van der Waals surface area contributed by atoms with E-state index < -0.39 is 0 Å². The van der Waals surface area contributed by atoms with Crippen molar-refractivity contribution in [1.29, 1.82) is 0 Å². The number of aliphatic hydroxyl groups excluding tert-OH is 1. The molecule has 2 heterocycles. The van der Waals surface area contributed by atoms with Crippen LogP contribution in [0.1, 0.15) is 5.56 Å². The summed E-state index contributed by atoms with van der Waals surface area (Å²) in [6.07, 6.45) is 1.81. The van der Waals surface area contributed by atoms with E-state index in [2.05, 4.69) is 21.3 Å². The number of rotatable bonds is 2. The molecule has 2 N–H and O–H groups in total. The van der Waals surface area contributed by atoms with E-state index >= 15 is 0 Å². The molecule has 4 nitrogen and oxygen atoms in total. The monoisotopic (exact) mass is 243 g/mol. The number of aromatic nitrogens is 1. The maximum Gasteiger partial charge on any atom is 0.0938 e. The van der Waals surface area contributed by atoms with E-state index in [1.165, 1.54) is 5.69 Å². The largest absolute Gasteiger partial charge is 0.392 e. The fourth-order valence-corrected chi connectivity index (χ4v) is 2.52. The minimum absolute atomic E-state index is 0.0596. The highest BCUT2D eigenvalue weighted by atomic mass is 16.3. The Bertz CT molecular complexity index is 550. The number of anilines is 1. The molecule has 4 heteroatoms. The molecule has 3 rings (SSSR count). The van der Waals surface area contributed by atoms with Gasteiger partial charge in [-0.1, -0.05) is 12.1 Å². The van der Waals surface area contributed by atoms with Crippen LogP contribution in [-0.4, -0.2) is 36.3 Å². The van der Waals surface area contributed by atoms with Crippen molar-refractivity contribution < 1.29 is 5.11 Å². The van der Waals surface area contributed by atoms with Crippen LogP contribution in [0.2, 0.25) is 0 Å². The Hall–Kier alpha value is -1.65. The van der Waals surface area contributed by atoms with Crippen molar-refractivity contribution in [2.45, 2.75) is 6.61 Å². The summed E-state index contributed by atoms with van der Waals surface area (Å²) >= 11 is 0. The van der Waals surface area contributed by atoms with Crippen molar-refractivity contribution in [3.8, 4) is 0 Å². The second-order valence-corrected chi connectivity index (χ2v) is 4.54. The van der Waals surface area contributed by atoms with Crippen LogP contribution in [-0.2, 0) is 6.61 Å². The van der Waals surface area contributed by atoms with Gasteiger partial charge in [-0.15, -0.1) is 0 Å². The van der Waals surface area contributed by atoms with E-state index in [0.717, 1.165) is 42.6 Å². The van der Waals surface area contributed by atoms with Gasteiger partial charge in [0.25, 0.3) is 0 Å². The van der Waals surface area contributed by atoms with Gasteiger partial charge in [0.1, 0.15) is 0 Å². The fraction of sp³-hybridized carbons (Fsp3) is 0.357. The topological polar surface area (TPSA) is 48.4 Å². The first-order chi connectivity index (χ1) is 8.90. The first-order valence-corrected chi connectivity index (χ1v) is 6.33. The first kappa shape index (κ1) is 11.4. The molecule has 0 bridgehead atoms. The number of nitrogens with one attached hydrogen (secondary N) is 1. The third kappa shape index (κ3) is 1.94. The van der Waals surface area contributed by atoms with Gasteiger partial charge in [0.2, 0.25) is 0 Å². The lowest BCUT2D eigenvalue weighted by molar-refractivity contribution is 0.283. The number of benzene rings is 1. The molecule has 0 atom stereocenters. The predicted molar refractivity (Wildman–Crippen MR) is 72.7 cm³/mol. The molecule has 1 fully saturated rings. The average Bonchev–Trinajstić information content (AvgIpc) is 2.47. The molecule has 1 aromatic heterocycles. The third-order valence-corrected chi connectivity index (χ3v) is 3.47. The minimum Gasteiger partial charge on any atom is -0.392 e. The second kappa shape index (κ2) is 4.92. The summed E-state index contributed by atoms with van der Waals surface area (Å²) in [6.45, 7) is 4.09. The van der Waals surface area contributed by atoms with Crippen LogP contribution in [0.15, 0.2) is 30.5 Å². The molecule has 1 aromatic carbocycles. The Morgan fingerprint density at radius 3 is 2.83 bits per heavy atom. The molecule has 0 radical (unpaired) electrons. The van der Waals surface area contributed by atoms with E-state index in [9.17, 15) is 5.11 Å². The van der Waals surface area contributed by atoms with Gasteiger partial charge >= 0.3 is 0 Å². The first-order valence-electron chi connectivity index (χ1n) is 6.33. The van der Waals surface area contributed by atoms with Crippen LogP contribution in [0.3, 0.4) is 0 Å². The second-order valence-electron chi connectivity index (χ2n) is 4.54. The maximum atomic E-state index is 9.39. The van der Waals surface area contributed by atoms with Crippen LogP contribution in [0.5, 0.6) is 0 Å². The summed E-state index contributed by atoms with van der Waals surface area (Å²) in [5.74, 6) is 0. The third-order valence-electron chi connectivity index (χ3n) is 3.47. The molecule has 0 aliphatic carbocycles. The van der Waals surface area contributed by atoms with Gasteiger partial charge in [0, 0.05) is 37.8 Å². The number of fused-ring (bicyclic) bond motifs is 1. The van der Waals surface area contributed by atoms with E-state index in [1.54, 1.807) is 0 Å². The molecular weight excluding hydrogens is 226 g/mol. The lowest BCUT2D eigenvalue weighted by atomic mass is 10.1. The van der Waals surface area contributed by atoms with Gasteiger partial charge in [-0.25, -0.2) is 0 Å². The zero-order chi connectivity index (χ0) is 12.4. The molecule has 94 valence electrons. The Labute approximate surface area is 106 Å². The van der Waals surface area contributed by atoms with Crippen LogP contribution in [0, 0.1) is 0 Å². The van der Waals surface area contributed by atoms with Crippen molar-refractivity contribution in [3.05, 3.63) is 36.0 Å². The SMILES string of the molecule is OCc1ccc(N2CCNCC2)c2ncccc12. The summed E-state index contributed by atoms with van der Waals surface area (Å²) < 4.78 is 0. The fourth-order valence-electron chi connectivity index (χ4n) is 2.52. The van der Waals surface area contributed by atoms with Crippen molar-refractivity contribution in [3.63, 3.8) is 0 Å². The smallest absolute Gasteiger partial charge is 0.0938 e. The molecule has 0 amide bonds. The van der Waals surface area contributed by atoms with Crippen LogP contribution in [0.4, 0.5) is 5.69 Å². The zero-order valence-corrected chi connectivity index (χ0v) is 10.3. The molecule has 18 heavy (non-hydrogen) atoms. The lowest BCUT2D eigenvalue weighted by Gasteiger charge is -2.30. The Morgan fingerprint density at radius 1 is 1.22 bits per heavy atom. The quantitative estimate of drug-likeness (QED) is 0.830. The Balaban J connectivity index is 2.12. The summed E-state index contributed by atoms with van der Waals surface area (Å²) in [5.41, 5.74) is 3.10. The van der Waals surface area contributed by atoms with Gasteiger partial charge < -0.3 is 15.3 Å². The van der Waals surface area contributed by atoms with E-state index in [4.69, 9.17) is 0 Å². The number of nitrogens with zero attached hydrogens (tertiary/aromatic N) is 2. The van der Waals surface area contributed by atoms with Gasteiger partial charge in [-0.3, -0.25) is 4.98 Å². The van der Waals surface area contributed by atoms with E-state index in [0.29, 0.717) is 0 Å². The zero-order valence-electron chi connectivity index (χ0n) is 10.3. The van der Waals surface area contributed by atoms with Crippen LogP contribution < -0.4 is 10.2 Å². The van der Waals surface area contributed by atoms with Gasteiger partial charge in [-0.05, 0) is 17.7 Å². The van der Waals surface area contributed by atoms with E-state index in [1.807, 2.05) is 24.4 Å². The molecule has 1 aliphatic heterocycles. The van der Waals surface area contributed by atoms with Crippen molar-refractivity contribution in [1.82, 2.24) is 10.3 Å². The number of hydrogen-bond donors (Lipinski definition) is 2. The summed E-state index contributed by atoms with van der Waals surface area (Å²) in [6, 6.07) is 8.02. The normalized spacial score (nSPS) is 16.2. The minimum atomic E-state index is 0.0596. The number of aliphatic hydroxyl groups is 1. The summed E-state index contributed by atoms with van der Waals surface area (Å²) in [4.78, 5) is 6.85. The highest BCUT2D eigenvalue weighted by Crippen LogP contribution is 2.28. The average molecular weight is 243 g/mol. The number of hydrogen-bond acceptors (Lipinski definition) is 4. The predicted octanol–water partition coefficient (Wildman–Crippen LogP) is 1.14. The maximum absolute atomic E-state index is 9.39. The van der Waals surface area contributed by atoms with Crippen molar-refractivity contribution >= 4 is 16.6 Å². The Morgan fingerprint density at radius 2 is 2.06 bits per heavy atom. The molecule has 1 aliphatic rings. The van der Waals surface area contributed by atoms with Crippen molar-refractivity contribution in [2.24, 2.45) is 0 Å². The molecule has 2 aromatic rings. The molecule has 0 saturated carbocycles. The standard InChI is InChI=1S/C14H17N3O/c18-10-11-3-4-13(17-8-6-15-7-9-17)14-12(11)2-1-5-16-14/h1-5,15,18H,6-10H2. The highest BCUT2D eigenvalue weighted by Gasteiger charge is 2.14. The number of piperazine rings is 1. The molecule has 0 spiro atoms. The lowest BCUT2D eigenvalue weighted by Crippen LogP contribution is -2.43. The van der Waals surface area contributed by atoms with Crippen LogP contribution in [0.25, 0.3) is 10.9 Å². The van der Waals surface area contributed by atoms with Gasteiger partial charge in [0.15, 0.2) is 0 Å². The summed E-state index contributed by atoms with van der Waals surface area (Å²) in [5, 5.41) is 13.8. The molecule has 0 unspecified atom stereocenters. The number of pyridine rings is 1. The molecule has 1 saturated heterocycles. The summed E-state index contributed by atoms with van der Waals surface area (Å²) in [7, 11) is 0.